The van der Waals surface area contributed by atoms with Gasteiger partial charge in [-0.15, -0.1) is 0 Å². The molecule has 0 saturated carbocycles. The number of alkyl carbamates (subject to hydrolysis) is 1. The van der Waals surface area contributed by atoms with E-state index in [9.17, 15) is 9.59 Å². The summed E-state index contributed by atoms with van der Waals surface area (Å²) in [6, 6.07) is 32.0. The molecule has 3 aliphatic rings. The van der Waals surface area contributed by atoms with Gasteiger partial charge in [0.15, 0.2) is 0 Å². The van der Waals surface area contributed by atoms with E-state index in [2.05, 4.69) is 143 Å². The maximum atomic E-state index is 12.4. The SMILES string of the molecule is CC(C)(C)OC(=O)NCCNC(=O)N1CCC(CN)(CCc2ccccc2)CC1.CN(C)CCCN1CCC(CN)(CCc2ccccc2)CC1.CN(C)CCN1CCC(CN)(CCc2ccccc2)CC1. The van der Waals surface area contributed by atoms with Crippen molar-refractivity contribution in [1.29, 1.82) is 0 Å². The first-order valence-corrected chi connectivity index (χ1v) is 27.5. The summed E-state index contributed by atoms with van der Waals surface area (Å²) in [7, 11) is 8.60. The summed E-state index contributed by atoms with van der Waals surface area (Å²) in [4.78, 5) is 35.6. The second-order valence-corrected chi connectivity index (χ2v) is 22.9. The van der Waals surface area contributed by atoms with Gasteiger partial charge < -0.3 is 57.1 Å². The number of hydrogen-bond donors (Lipinski definition) is 5. The highest BCUT2D eigenvalue weighted by Crippen LogP contribution is 2.37. The Morgan fingerprint density at radius 3 is 1.26 bits per heavy atom. The maximum absolute atomic E-state index is 12.4. The predicted molar refractivity (Wildman–Crippen MR) is 300 cm³/mol. The van der Waals surface area contributed by atoms with E-state index in [1.54, 1.807) is 0 Å². The van der Waals surface area contributed by atoms with Gasteiger partial charge in [0.2, 0.25) is 0 Å². The fraction of sp³-hybridized carbons (Fsp3) is 0.661. The normalized spacial score (nSPS) is 17.8. The molecular weight excluding hydrogens is 897 g/mol. The van der Waals surface area contributed by atoms with Gasteiger partial charge in [0.05, 0.1) is 0 Å². The van der Waals surface area contributed by atoms with Crippen molar-refractivity contribution in [3.8, 4) is 0 Å². The number of carbonyl (C=O) groups excluding carboxylic acids is 2. The third-order valence-electron chi connectivity index (χ3n) is 15.6. The van der Waals surface area contributed by atoms with E-state index in [1.165, 1.54) is 114 Å². The first-order valence-electron chi connectivity index (χ1n) is 27.5. The molecule has 0 bridgehead atoms. The topological polar surface area (TPSA) is 162 Å². The van der Waals surface area contributed by atoms with Crippen LogP contribution in [0.4, 0.5) is 9.59 Å². The Morgan fingerprint density at radius 2 is 0.903 bits per heavy atom. The van der Waals surface area contributed by atoms with Crippen molar-refractivity contribution in [3.63, 3.8) is 0 Å². The van der Waals surface area contributed by atoms with Crippen LogP contribution in [-0.2, 0) is 24.0 Å². The third-order valence-corrected chi connectivity index (χ3v) is 15.6. The van der Waals surface area contributed by atoms with Crippen LogP contribution < -0.4 is 27.8 Å². The number of ether oxygens (including phenoxy) is 1. The van der Waals surface area contributed by atoms with Crippen LogP contribution in [0.5, 0.6) is 0 Å². The molecule has 0 spiro atoms. The van der Waals surface area contributed by atoms with Gasteiger partial charge in [0.1, 0.15) is 5.60 Å². The molecule has 3 aromatic carbocycles. The highest BCUT2D eigenvalue weighted by molar-refractivity contribution is 5.74. The zero-order valence-corrected chi connectivity index (χ0v) is 46.2. The van der Waals surface area contributed by atoms with E-state index in [1.807, 2.05) is 31.7 Å². The van der Waals surface area contributed by atoms with E-state index in [4.69, 9.17) is 21.9 Å². The number of likely N-dealkylation sites (tertiary alicyclic amines) is 3. The molecule has 3 heterocycles. The highest BCUT2D eigenvalue weighted by atomic mass is 16.6. The summed E-state index contributed by atoms with van der Waals surface area (Å²) < 4.78 is 5.17. The lowest BCUT2D eigenvalue weighted by Gasteiger charge is -2.41. The number of benzene rings is 3. The van der Waals surface area contributed by atoms with E-state index in [-0.39, 0.29) is 11.4 Å². The molecule has 13 heteroatoms. The Balaban J connectivity index is 0.000000238. The molecule has 0 unspecified atom stereocenters. The number of urea groups is 1. The number of likely N-dealkylation sites (N-methyl/N-ethyl adjacent to an activating group) is 1. The van der Waals surface area contributed by atoms with Gasteiger partial charge in [0, 0.05) is 39.3 Å². The van der Waals surface area contributed by atoms with Crippen molar-refractivity contribution in [1.82, 2.24) is 35.1 Å². The maximum Gasteiger partial charge on any atom is 0.407 e. The van der Waals surface area contributed by atoms with Crippen LogP contribution in [0.2, 0.25) is 0 Å². The Labute approximate surface area is 437 Å². The van der Waals surface area contributed by atoms with E-state index in [0.29, 0.717) is 43.6 Å². The van der Waals surface area contributed by atoms with Gasteiger partial charge in [-0.1, -0.05) is 91.0 Å². The van der Waals surface area contributed by atoms with Gasteiger partial charge in [-0.3, -0.25) is 0 Å². The minimum absolute atomic E-state index is 0.0929. The first-order chi connectivity index (χ1) is 34.5. The van der Waals surface area contributed by atoms with Crippen molar-refractivity contribution < 1.29 is 14.3 Å². The number of carbonyl (C=O) groups is 2. The summed E-state index contributed by atoms with van der Waals surface area (Å²) in [5.41, 5.74) is 23.0. The first kappa shape index (κ1) is 60.5. The van der Waals surface area contributed by atoms with Gasteiger partial charge in [-0.25, -0.2) is 9.59 Å². The van der Waals surface area contributed by atoms with Crippen LogP contribution in [0.15, 0.2) is 91.0 Å². The van der Waals surface area contributed by atoms with Gasteiger partial charge in [0.25, 0.3) is 0 Å². The van der Waals surface area contributed by atoms with Crippen LogP contribution in [0.1, 0.15) is 102 Å². The molecule has 3 fully saturated rings. The summed E-state index contributed by atoms with van der Waals surface area (Å²) in [5, 5.41) is 5.50. The molecular formula is C59H100N10O3. The van der Waals surface area contributed by atoms with Gasteiger partial charge in [-0.2, -0.15) is 0 Å². The zero-order valence-electron chi connectivity index (χ0n) is 46.2. The predicted octanol–water partition coefficient (Wildman–Crippen LogP) is 7.73. The van der Waals surface area contributed by atoms with Gasteiger partial charge in [-0.05, 0) is 224 Å². The van der Waals surface area contributed by atoms with Crippen molar-refractivity contribution in [2.45, 2.75) is 110 Å². The monoisotopic (exact) mass is 997 g/mol. The summed E-state index contributed by atoms with van der Waals surface area (Å²) in [6.07, 6.45) is 14.5. The molecule has 3 saturated heterocycles. The average molecular weight is 998 g/mol. The lowest BCUT2D eigenvalue weighted by Crippen LogP contribution is -2.50. The quantitative estimate of drug-likeness (QED) is 0.0631. The number of nitrogens with one attached hydrogen (secondary N) is 2. The fourth-order valence-corrected chi connectivity index (χ4v) is 10.2. The standard InChI is InChI=1S/C22H36N4O3.C19H33N3.C18H31N3/c1-21(2,3)29-20(28)25-14-13-24-19(27)26-15-11-22(17-23,12-16-26)10-9-18-7-5-4-6-8-18;1-21(2)13-6-14-22-15-11-19(17-20,12-16-22)10-9-18-7-4-3-5-8-18;1-20(2)14-15-21-12-10-18(16-19,11-13-21)9-8-17-6-4-3-5-7-17/h4-8H,9-17,23H2,1-3H3,(H,24,27)(H,25,28);3-5,7-8H,6,9-17,20H2,1-2H3;3-7H,8-16,19H2,1-2H3. The lowest BCUT2D eigenvalue weighted by molar-refractivity contribution is 0.0527. The molecule has 6 rings (SSSR count). The molecule has 72 heavy (non-hydrogen) atoms. The van der Waals surface area contributed by atoms with E-state index < -0.39 is 11.7 Å². The minimum atomic E-state index is -0.531. The molecule has 8 N–H and O–H groups in total. The number of amides is 3. The lowest BCUT2D eigenvalue weighted by atomic mass is 9.74. The minimum Gasteiger partial charge on any atom is -0.444 e. The molecule has 13 nitrogen and oxygen atoms in total. The van der Waals surface area contributed by atoms with E-state index >= 15 is 0 Å². The molecule has 0 atom stereocenters. The van der Waals surface area contributed by atoms with Crippen LogP contribution in [-0.4, -0.2) is 169 Å². The molecule has 3 aliphatic heterocycles. The fourth-order valence-electron chi connectivity index (χ4n) is 10.2. The van der Waals surface area contributed by atoms with Crippen molar-refractivity contribution >= 4 is 12.1 Å². The number of nitrogens with two attached hydrogens (primary N) is 3. The highest BCUT2D eigenvalue weighted by Gasteiger charge is 2.36. The largest absolute Gasteiger partial charge is 0.444 e. The van der Waals surface area contributed by atoms with Crippen LogP contribution in [0.25, 0.3) is 0 Å². The molecule has 404 valence electrons. The number of nitrogens with zero attached hydrogens (tertiary/aromatic N) is 5. The smallest absolute Gasteiger partial charge is 0.407 e. The van der Waals surface area contributed by atoms with Crippen LogP contribution in [0.3, 0.4) is 0 Å². The van der Waals surface area contributed by atoms with Crippen molar-refractivity contribution in [3.05, 3.63) is 108 Å². The van der Waals surface area contributed by atoms with Crippen LogP contribution >= 0.6 is 0 Å². The summed E-state index contributed by atoms with van der Waals surface area (Å²) in [6.45, 7) is 19.5. The van der Waals surface area contributed by atoms with Crippen molar-refractivity contribution in [2.75, 3.05) is 126 Å². The zero-order chi connectivity index (χ0) is 52.3. The second kappa shape index (κ2) is 31.6. The second-order valence-electron chi connectivity index (χ2n) is 22.9. The Hall–Kier alpha value is -4.08. The molecule has 3 aromatic rings. The Bertz CT molecular complexity index is 1890. The third kappa shape index (κ3) is 23.0. The number of hydrogen-bond acceptors (Lipinski definition) is 10. The Morgan fingerprint density at radius 1 is 0.542 bits per heavy atom. The summed E-state index contributed by atoms with van der Waals surface area (Å²) >= 11 is 0. The van der Waals surface area contributed by atoms with Gasteiger partial charge >= 0.3 is 12.1 Å². The Kier molecular flexibility index (Phi) is 26.5. The molecule has 3 amide bonds. The number of aryl methyl sites for hydroxylation is 3. The van der Waals surface area contributed by atoms with Crippen molar-refractivity contribution in [2.24, 2.45) is 33.4 Å². The average Bonchev–Trinajstić information content (AvgIpc) is 3.39. The molecule has 0 radical (unpaired) electrons. The molecule has 0 aromatic heterocycles. The number of piperidine rings is 3. The summed E-state index contributed by atoms with van der Waals surface area (Å²) in [5.74, 6) is 0. The number of rotatable bonds is 22. The molecule has 0 aliphatic carbocycles. The van der Waals surface area contributed by atoms with Crippen LogP contribution in [0, 0.1) is 16.2 Å². The van der Waals surface area contributed by atoms with E-state index in [0.717, 1.165) is 51.7 Å².